The van der Waals surface area contributed by atoms with E-state index in [2.05, 4.69) is 0 Å². The number of carbonyl (C=O) groups excluding carboxylic acids is 1. The van der Waals surface area contributed by atoms with Crippen molar-refractivity contribution in [2.75, 3.05) is 30.9 Å². The highest BCUT2D eigenvalue weighted by atomic mass is 32.2. The second-order valence-electron chi connectivity index (χ2n) is 10.8. The van der Waals surface area contributed by atoms with Crippen LogP contribution in [-0.4, -0.2) is 61.7 Å². The molecule has 2 aromatic carbocycles. The van der Waals surface area contributed by atoms with Gasteiger partial charge in [-0.2, -0.15) is 8.42 Å². The van der Waals surface area contributed by atoms with Gasteiger partial charge in [-0.1, -0.05) is 30.3 Å². The van der Waals surface area contributed by atoms with E-state index >= 15 is 4.39 Å². The third kappa shape index (κ3) is 5.06. The van der Waals surface area contributed by atoms with Gasteiger partial charge in [-0.3, -0.25) is 8.98 Å². The Kier molecular flexibility index (Phi) is 6.59. The number of fused-ring (bicyclic) bond motifs is 5. The number of nitrogens with zero attached hydrogens (tertiary/aromatic N) is 2. The predicted molar refractivity (Wildman–Crippen MR) is 144 cm³/mol. The quantitative estimate of drug-likeness (QED) is 0.336. The molecule has 0 amide bonds. The summed E-state index contributed by atoms with van der Waals surface area (Å²) in [5.74, 6) is -1.24. The number of aromatic nitrogens is 1. The molecule has 1 saturated heterocycles. The number of hydrogen-bond donors (Lipinski definition) is 1. The minimum Gasteiger partial charge on any atom is -0.487 e. The van der Waals surface area contributed by atoms with Crippen LogP contribution < -0.4 is 15.1 Å². The third-order valence-electron chi connectivity index (χ3n) is 7.69. The van der Waals surface area contributed by atoms with Crippen LogP contribution in [0.2, 0.25) is 0 Å². The van der Waals surface area contributed by atoms with Gasteiger partial charge in [-0.25, -0.2) is 9.18 Å². The number of ether oxygens (including phenoxy) is 2. The summed E-state index contributed by atoms with van der Waals surface area (Å²) in [4.78, 5) is 28.3. The zero-order valence-corrected chi connectivity index (χ0v) is 22.7. The molecule has 0 bridgehead atoms. The molecule has 212 valence electrons. The van der Waals surface area contributed by atoms with Crippen LogP contribution >= 0.6 is 0 Å². The van der Waals surface area contributed by atoms with Gasteiger partial charge in [0.05, 0.1) is 35.4 Å². The first-order chi connectivity index (χ1) is 19.0. The van der Waals surface area contributed by atoms with Crippen LogP contribution in [0.25, 0.3) is 10.9 Å². The Morgan fingerprint density at radius 1 is 1.23 bits per heavy atom. The second-order valence-corrected chi connectivity index (χ2v) is 12.5. The Balaban J connectivity index is 1.35. The molecule has 1 saturated carbocycles. The second kappa shape index (κ2) is 9.86. The smallest absolute Gasteiger partial charge is 0.343 e. The number of benzene rings is 2. The molecule has 2 atom stereocenters. The maximum absolute atomic E-state index is 15.7. The molecule has 3 heterocycles. The minimum atomic E-state index is -3.74. The molecule has 0 spiro atoms. The first kappa shape index (κ1) is 26.7. The lowest BCUT2D eigenvalue weighted by Crippen LogP contribution is -2.56. The normalized spacial score (nSPS) is 22.4. The molecule has 2 fully saturated rings. The number of pyridine rings is 1. The number of halogens is 1. The number of piperidine rings is 1. The molecule has 0 radical (unpaired) electrons. The Morgan fingerprint density at radius 2 is 1.98 bits per heavy atom. The van der Waals surface area contributed by atoms with Gasteiger partial charge in [-0.15, -0.1) is 0 Å². The van der Waals surface area contributed by atoms with E-state index in [4.69, 9.17) is 13.7 Å². The zero-order chi connectivity index (χ0) is 28.2. The van der Waals surface area contributed by atoms with Crippen molar-refractivity contribution in [1.29, 1.82) is 0 Å². The Labute approximate surface area is 230 Å². The first-order valence-electron chi connectivity index (χ1n) is 13.1. The number of esters is 1. The fourth-order valence-corrected chi connectivity index (χ4v) is 6.00. The maximum atomic E-state index is 15.7. The van der Waals surface area contributed by atoms with Gasteiger partial charge in [0, 0.05) is 25.2 Å². The molecule has 10 nitrogen and oxygen atoms in total. The van der Waals surface area contributed by atoms with Crippen LogP contribution in [0.5, 0.6) is 5.75 Å². The van der Waals surface area contributed by atoms with Crippen molar-refractivity contribution >= 4 is 32.7 Å². The van der Waals surface area contributed by atoms with E-state index in [1.807, 2.05) is 34.9 Å². The molecule has 6 rings (SSSR count). The highest BCUT2D eigenvalue weighted by molar-refractivity contribution is 7.85. The zero-order valence-electron chi connectivity index (χ0n) is 21.8. The van der Waals surface area contributed by atoms with Crippen LogP contribution in [-0.2, 0) is 25.6 Å². The van der Waals surface area contributed by atoms with Gasteiger partial charge in [0.2, 0.25) is 5.43 Å². The van der Waals surface area contributed by atoms with E-state index in [9.17, 15) is 23.1 Å². The summed E-state index contributed by atoms with van der Waals surface area (Å²) in [7, 11) is -3.74. The van der Waals surface area contributed by atoms with Crippen LogP contribution in [0.3, 0.4) is 0 Å². The molecular formula is C28H29FN2O8S. The van der Waals surface area contributed by atoms with Gasteiger partial charge in [0.25, 0.3) is 10.1 Å². The number of aliphatic hydroxyl groups is 1. The third-order valence-corrected chi connectivity index (χ3v) is 8.24. The van der Waals surface area contributed by atoms with E-state index in [-0.39, 0.29) is 61.0 Å². The van der Waals surface area contributed by atoms with Gasteiger partial charge >= 0.3 is 5.97 Å². The van der Waals surface area contributed by atoms with Crippen LogP contribution in [0.15, 0.2) is 47.4 Å². The van der Waals surface area contributed by atoms with Crippen LogP contribution in [0.1, 0.15) is 47.6 Å². The van der Waals surface area contributed by atoms with Gasteiger partial charge in [0.1, 0.15) is 24.5 Å². The minimum absolute atomic E-state index is 0.000161. The van der Waals surface area contributed by atoms with Crippen molar-refractivity contribution in [1.82, 2.24) is 4.57 Å². The van der Waals surface area contributed by atoms with E-state index < -0.39 is 45.6 Å². The van der Waals surface area contributed by atoms with E-state index in [0.29, 0.717) is 5.52 Å². The molecule has 1 aliphatic carbocycles. The van der Waals surface area contributed by atoms with Crippen LogP contribution in [0.4, 0.5) is 10.1 Å². The number of hydrogen-bond acceptors (Lipinski definition) is 9. The summed E-state index contributed by atoms with van der Waals surface area (Å²) in [5, 5.41) is 11.0. The van der Waals surface area contributed by atoms with Crippen molar-refractivity contribution < 1.29 is 36.4 Å². The highest BCUT2D eigenvalue weighted by Crippen LogP contribution is 2.47. The molecule has 3 aromatic rings. The SMILES string of the molecule is CS(=O)(=O)OC[C@]1(O)CCN2c3c(F)cc4c(=O)c(C(=O)OCc5ccccc5)cn(C5CC5)c4c3OC[C@@H]2C1. The van der Waals surface area contributed by atoms with Gasteiger partial charge in [-0.05, 0) is 30.9 Å². The van der Waals surface area contributed by atoms with Crippen molar-refractivity contribution in [2.24, 2.45) is 0 Å². The van der Waals surface area contributed by atoms with Crippen molar-refractivity contribution in [3.05, 3.63) is 69.8 Å². The van der Waals surface area contributed by atoms with Gasteiger partial charge in [0.15, 0.2) is 11.6 Å². The average molecular weight is 573 g/mol. The Morgan fingerprint density at radius 3 is 2.67 bits per heavy atom. The average Bonchev–Trinajstić information content (AvgIpc) is 3.77. The fraction of sp³-hybridized carbons (Fsp3) is 0.429. The van der Waals surface area contributed by atoms with E-state index in [1.165, 1.54) is 6.20 Å². The lowest BCUT2D eigenvalue weighted by atomic mass is 9.86. The number of rotatable bonds is 7. The molecular weight excluding hydrogens is 543 g/mol. The summed E-state index contributed by atoms with van der Waals surface area (Å²) in [6, 6.07) is 9.84. The standard InChI is InChI=1S/C28H29FN2O8S/c1-40(35,36)39-16-28(34)9-10-30-19(12-28)15-37-26-23-20(11-22(29)24(26)30)25(32)21(13-31(23)18-7-8-18)27(33)38-14-17-5-3-2-4-6-17/h2-6,11,13,18-19,34H,7-10,12,14-16H2,1H3/t19-,28-/m0/s1. The summed E-state index contributed by atoms with van der Waals surface area (Å²) in [6.07, 6.45) is 4.34. The topological polar surface area (TPSA) is 124 Å². The molecule has 40 heavy (non-hydrogen) atoms. The van der Waals surface area contributed by atoms with Crippen molar-refractivity contribution in [2.45, 2.75) is 50.0 Å². The predicted octanol–water partition coefficient (Wildman–Crippen LogP) is 2.90. The molecule has 1 aromatic heterocycles. The lowest BCUT2D eigenvalue weighted by Gasteiger charge is -2.47. The first-order valence-corrected chi connectivity index (χ1v) is 14.9. The number of anilines is 1. The molecule has 12 heteroatoms. The Hall–Kier alpha value is -3.48. The largest absolute Gasteiger partial charge is 0.487 e. The highest BCUT2D eigenvalue weighted by Gasteiger charge is 2.44. The summed E-state index contributed by atoms with van der Waals surface area (Å²) < 4.78 is 56.8. The van der Waals surface area contributed by atoms with Gasteiger partial charge < -0.3 is 24.0 Å². The summed E-state index contributed by atoms with van der Waals surface area (Å²) in [6.45, 7) is -0.0785. The van der Waals surface area contributed by atoms with Crippen LogP contribution in [0, 0.1) is 5.82 Å². The van der Waals surface area contributed by atoms with E-state index in [0.717, 1.165) is 30.7 Å². The van der Waals surface area contributed by atoms with Crippen molar-refractivity contribution in [3.63, 3.8) is 0 Å². The number of carbonyl (C=O) groups is 1. The molecule has 1 N–H and O–H groups in total. The monoisotopic (exact) mass is 572 g/mol. The van der Waals surface area contributed by atoms with E-state index in [1.54, 1.807) is 4.90 Å². The summed E-state index contributed by atoms with van der Waals surface area (Å²) in [5.41, 5.74) is -0.839. The molecule has 0 unspecified atom stereocenters. The summed E-state index contributed by atoms with van der Waals surface area (Å²) >= 11 is 0. The van der Waals surface area contributed by atoms with Crippen molar-refractivity contribution in [3.8, 4) is 5.75 Å². The Bertz CT molecular complexity index is 1650. The fourth-order valence-electron chi connectivity index (χ4n) is 5.57. The molecule has 3 aliphatic rings. The lowest BCUT2D eigenvalue weighted by molar-refractivity contribution is -0.0376. The molecule has 2 aliphatic heterocycles. The maximum Gasteiger partial charge on any atom is 0.343 e.